The van der Waals surface area contributed by atoms with E-state index in [4.69, 9.17) is 0 Å². The number of hydrogen-bond donors (Lipinski definition) is 0. The molecule has 0 saturated heterocycles. The lowest BCUT2D eigenvalue weighted by molar-refractivity contribution is 1.33. The van der Waals surface area contributed by atoms with Crippen molar-refractivity contribution in [2.45, 2.75) is 6.92 Å². The number of rotatable bonds is 3. The van der Waals surface area contributed by atoms with Gasteiger partial charge < -0.3 is 0 Å². The molecule has 0 aliphatic carbocycles. The van der Waals surface area contributed by atoms with E-state index < -0.39 is 0 Å². The van der Waals surface area contributed by atoms with Gasteiger partial charge in [-0.15, -0.1) is 0 Å². The minimum atomic E-state index is 1.19. The molecular weight excluding hydrogens is 302 g/mol. The molecule has 1 heteroatoms. The third kappa shape index (κ3) is 3.09. The van der Waals surface area contributed by atoms with Gasteiger partial charge in [-0.3, -0.25) is 4.98 Å². The van der Waals surface area contributed by atoms with Gasteiger partial charge in [-0.05, 0) is 64.1 Å². The fraction of sp³-hybridized carbons (Fsp3) is 0.0417. The molecule has 120 valence electrons. The van der Waals surface area contributed by atoms with E-state index in [0.717, 1.165) is 0 Å². The Morgan fingerprint density at radius 2 is 1.00 bits per heavy atom. The summed E-state index contributed by atoms with van der Waals surface area (Å²) in [6.07, 6.45) is 3.71. The number of aromatic nitrogens is 1. The van der Waals surface area contributed by atoms with Crippen LogP contribution in [0.3, 0.4) is 0 Å². The molecule has 4 aromatic rings. The minimum Gasteiger partial charge on any atom is -0.265 e. The smallest absolute Gasteiger partial charge is 0.0273 e. The van der Waals surface area contributed by atoms with E-state index >= 15 is 0 Å². The van der Waals surface area contributed by atoms with Gasteiger partial charge in [-0.2, -0.15) is 0 Å². The summed E-state index contributed by atoms with van der Waals surface area (Å²) in [4.78, 5) is 4.17. The molecule has 0 atom stereocenters. The van der Waals surface area contributed by atoms with Crippen LogP contribution in [0.5, 0.6) is 0 Å². The quantitative estimate of drug-likeness (QED) is 0.426. The van der Waals surface area contributed by atoms with E-state index in [-0.39, 0.29) is 0 Å². The highest BCUT2D eigenvalue weighted by molar-refractivity contribution is 5.88. The van der Waals surface area contributed by atoms with Gasteiger partial charge in [0.05, 0.1) is 0 Å². The molecule has 0 aliphatic heterocycles. The zero-order chi connectivity index (χ0) is 17.1. The summed E-state index contributed by atoms with van der Waals surface area (Å²) in [5.41, 5.74) is 8.70. The monoisotopic (exact) mass is 321 g/mol. The molecule has 1 heterocycles. The average Bonchev–Trinajstić information content (AvgIpc) is 2.70. The van der Waals surface area contributed by atoms with Crippen molar-refractivity contribution in [1.29, 1.82) is 0 Å². The third-order valence-corrected chi connectivity index (χ3v) is 4.53. The SMILES string of the molecule is Cc1cc(-c2ccccc2)c(-c2ccncc2)cc1-c1ccccc1. The van der Waals surface area contributed by atoms with Gasteiger partial charge in [0.1, 0.15) is 0 Å². The maximum absolute atomic E-state index is 4.17. The van der Waals surface area contributed by atoms with Crippen LogP contribution in [0.4, 0.5) is 0 Å². The summed E-state index contributed by atoms with van der Waals surface area (Å²) in [5.74, 6) is 0. The third-order valence-electron chi connectivity index (χ3n) is 4.53. The van der Waals surface area contributed by atoms with Crippen LogP contribution in [0.2, 0.25) is 0 Å². The molecule has 25 heavy (non-hydrogen) atoms. The standard InChI is InChI=1S/C24H19N/c1-18-16-23(20-10-6-3-7-11-20)24(21-12-14-25-15-13-21)17-22(18)19-8-4-2-5-9-19/h2-17H,1H3. The predicted molar refractivity (Wildman–Crippen MR) is 105 cm³/mol. The van der Waals surface area contributed by atoms with Crippen molar-refractivity contribution in [3.63, 3.8) is 0 Å². The minimum absolute atomic E-state index is 1.19. The van der Waals surface area contributed by atoms with Crippen LogP contribution >= 0.6 is 0 Å². The molecule has 0 fully saturated rings. The zero-order valence-corrected chi connectivity index (χ0v) is 14.2. The van der Waals surface area contributed by atoms with Crippen LogP contribution in [0.25, 0.3) is 33.4 Å². The van der Waals surface area contributed by atoms with Gasteiger partial charge in [-0.25, -0.2) is 0 Å². The molecule has 4 rings (SSSR count). The van der Waals surface area contributed by atoms with Crippen molar-refractivity contribution in [2.75, 3.05) is 0 Å². The van der Waals surface area contributed by atoms with Crippen LogP contribution in [-0.2, 0) is 0 Å². The van der Waals surface area contributed by atoms with Crippen molar-refractivity contribution >= 4 is 0 Å². The average molecular weight is 321 g/mol. The summed E-state index contributed by atoms with van der Waals surface area (Å²) >= 11 is 0. The normalized spacial score (nSPS) is 10.6. The second kappa shape index (κ2) is 6.74. The summed E-state index contributed by atoms with van der Waals surface area (Å²) in [5, 5.41) is 0. The number of pyridine rings is 1. The molecule has 1 nitrogen and oxygen atoms in total. The van der Waals surface area contributed by atoms with Gasteiger partial charge in [0.15, 0.2) is 0 Å². The maximum Gasteiger partial charge on any atom is 0.0273 e. The topological polar surface area (TPSA) is 12.9 Å². The first-order chi connectivity index (χ1) is 12.3. The van der Waals surface area contributed by atoms with E-state index in [1.807, 2.05) is 12.4 Å². The Morgan fingerprint density at radius 3 is 1.60 bits per heavy atom. The van der Waals surface area contributed by atoms with E-state index in [0.29, 0.717) is 0 Å². The Hall–Kier alpha value is -3.19. The Labute approximate surface area is 148 Å². The van der Waals surface area contributed by atoms with E-state index in [1.54, 1.807) is 0 Å². The Bertz CT molecular complexity index is 974. The van der Waals surface area contributed by atoms with Crippen LogP contribution in [0.1, 0.15) is 5.56 Å². The molecule has 0 bridgehead atoms. The molecule has 0 N–H and O–H groups in total. The first-order valence-electron chi connectivity index (χ1n) is 8.49. The Balaban J connectivity index is 1.98. The predicted octanol–water partition coefficient (Wildman–Crippen LogP) is 6.39. The maximum atomic E-state index is 4.17. The van der Waals surface area contributed by atoms with Gasteiger partial charge >= 0.3 is 0 Å². The molecular formula is C24H19N. The van der Waals surface area contributed by atoms with Gasteiger partial charge in [0, 0.05) is 12.4 Å². The van der Waals surface area contributed by atoms with Crippen molar-refractivity contribution in [3.8, 4) is 33.4 Å². The van der Waals surface area contributed by atoms with Crippen molar-refractivity contribution in [1.82, 2.24) is 4.98 Å². The van der Waals surface area contributed by atoms with Crippen molar-refractivity contribution < 1.29 is 0 Å². The van der Waals surface area contributed by atoms with Crippen LogP contribution in [0.15, 0.2) is 97.3 Å². The highest BCUT2D eigenvalue weighted by Crippen LogP contribution is 2.37. The highest BCUT2D eigenvalue weighted by Gasteiger charge is 2.12. The molecule has 0 saturated carbocycles. The highest BCUT2D eigenvalue weighted by atomic mass is 14.6. The lowest BCUT2D eigenvalue weighted by Crippen LogP contribution is -1.91. The largest absolute Gasteiger partial charge is 0.265 e. The second-order valence-electron chi connectivity index (χ2n) is 6.18. The molecule has 0 spiro atoms. The molecule has 0 unspecified atom stereocenters. The van der Waals surface area contributed by atoms with E-state index in [1.165, 1.54) is 38.9 Å². The number of nitrogens with zero attached hydrogens (tertiary/aromatic N) is 1. The summed E-state index contributed by atoms with van der Waals surface area (Å²) in [6, 6.07) is 29.9. The Kier molecular flexibility index (Phi) is 4.14. The van der Waals surface area contributed by atoms with Crippen LogP contribution in [0, 0.1) is 6.92 Å². The Morgan fingerprint density at radius 1 is 0.520 bits per heavy atom. The fourth-order valence-electron chi connectivity index (χ4n) is 3.26. The first-order valence-corrected chi connectivity index (χ1v) is 8.49. The van der Waals surface area contributed by atoms with Crippen molar-refractivity contribution in [2.24, 2.45) is 0 Å². The van der Waals surface area contributed by atoms with Gasteiger partial charge in [0.2, 0.25) is 0 Å². The molecule has 0 radical (unpaired) electrons. The fourth-order valence-corrected chi connectivity index (χ4v) is 3.26. The van der Waals surface area contributed by atoms with E-state index in [2.05, 4.69) is 96.8 Å². The second-order valence-corrected chi connectivity index (χ2v) is 6.18. The number of benzene rings is 3. The molecule has 0 amide bonds. The van der Waals surface area contributed by atoms with Crippen LogP contribution < -0.4 is 0 Å². The summed E-state index contributed by atoms with van der Waals surface area (Å²) < 4.78 is 0. The first kappa shape index (κ1) is 15.3. The summed E-state index contributed by atoms with van der Waals surface area (Å²) in [7, 11) is 0. The van der Waals surface area contributed by atoms with Gasteiger partial charge in [-0.1, -0.05) is 66.7 Å². The zero-order valence-electron chi connectivity index (χ0n) is 14.2. The summed E-state index contributed by atoms with van der Waals surface area (Å²) in [6.45, 7) is 2.19. The number of hydrogen-bond acceptors (Lipinski definition) is 1. The van der Waals surface area contributed by atoms with Gasteiger partial charge in [0.25, 0.3) is 0 Å². The lowest BCUT2D eigenvalue weighted by atomic mass is 9.88. The lowest BCUT2D eigenvalue weighted by Gasteiger charge is -2.16. The molecule has 1 aromatic heterocycles. The molecule has 3 aromatic carbocycles. The van der Waals surface area contributed by atoms with E-state index in [9.17, 15) is 0 Å². The van der Waals surface area contributed by atoms with Crippen LogP contribution in [-0.4, -0.2) is 4.98 Å². The molecule has 0 aliphatic rings. The van der Waals surface area contributed by atoms with Crippen molar-refractivity contribution in [3.05, 3.63) is 103 Å². The number of aryl methyl sites for hydroxylation is 1.